The van der Waals surface area contributed by atoms with Crippen LogP contribution in [-0.4, -0.2) is 11.9 Å². The Bertz CT molecular complexity index is 1210. The van der Waals surface area contributed by atoms with Gasteiger partial charge in [0.15, 0.2) is 0 Å². The van der Waals surface area contributed by atoms with E-state index in [0.29, 0.717) is 16.9 Å². The number of esters is 2. The van der Waals surface area contributed by atoms with Gasteiger partial charge in [0.2, 0.25) is 0 Å². The summed E-state index contributed by atoms with van der Waals surface area (Å²) in [5.41, 5.74) is 1.28. The Morgan fingerprint density at radius 1 is 0.935 bits per heavy atom. The lowest BCUT2D eigenvalue weighted by molar-refractivity contribution is -0.132. The molecule has 0 saturated carbocycles. The van der Waals surface area contributed by atoms with Crippen molar-refractivity contribution in [2.24, 2.45) is 0 Å². The van der Waals surface area contributed by atoms with E-state index >= 15 is 0 Å². The van der Waals surface area contributed by atoms with Crippen molar-refractivity contribution < 1.29 is 28.2 Å². The summed E-state index contributed by atoms with van der Waals surface area (Å²) in [7, 11) is 0. The third-order valence-corrected chi connectivity index (χ3v) is 4.23. The minimum Gasteiger partial charge on any atom is -0.462 e. The highest BCUT2D eigenvalue weighted by molar-refractivity contribution is 5.90. The Morgan fingerprint density at radius 3 is 2.35 bits per heavy atom. The molecule has 3 rings (SSSR count). The van der Waals surface area contributed by atoms with Gasteiger partial charge in [-0.3, -0.25) is 0 Å². The van der Waals surface area contributed by atoms with Crippen LogP contribution in [0.5, 0.6) is 11.5 Å². The van der Waals surface area contributed by atoms with Crippen LogP contribution in [0.3, 0.4) is 0 Å². The van der Waals surface area contributed by atoms with Gasteiger partial charge in [-0.2, -0.15) is 0 Å². The number of hydrogen-bond donors (Lipinski definition) is 0. The molecule has 0 saturated heterocycles. The van der Waals surface area contributed by atoms with E-state index in [1.807, 2.05) is 18.2 Å². The standard InChI is InChI=1S/C25H19FO5/c1-4-24(27)30-12-11-29-20-8-7-17-13-19(6-5-18(17)14-20)22-10-9-21(15-23(22)26)31-25(28)16(2)3/h4-15H,1-2H2,3H3. The molecule has 0 unspecified atom stereocenters. The predicted octanol–water partition coefficient (Wildman–Crippen LogP) is 5.71. The van der Waals surface area contributed by atoms with Crippen LogP contribution in [0.25, 0.3) is 21.9 Å². The van der Waals surface area contributed by atoms with Crippen LogP contribution in [0.2, 0.25) is 0 Å². The molecular weight excluding hydrogens is 399 g/mol. The molecule has 0 aromatic heterocycles. The molecule has 0 radical (unpaired) electrons. The highest BCUT2D eigenvalue weighted by Gasteiger charge is 2.11. The maximum Gasteiger partial charge on any atom is 0.338 e. The van der Waals surface area contributed by atoms with E-state index < -0.39 is 17.8 Å². The van der Waals surface area contributed by atoms with Gasteiger partial charge in [-0.05, 0) is 53.6 Å². The van der Waals surface area contributed by atoms with Gasteiger partial charge in [0, 0.05) is 23.3 Å². The molecule has 0 heterocycles. The van der Waals surface area contributed by atoms with Crippen LogP contribution in [0.1, 0.15) is 6.92 Å². The molecule has 0 aliphatic rings. The second-order valence-corrected chi connectivity index (χ2v) is 6.57. The van der Waals surface area contributed by atoms with Gasteiger partial charge >= 0.3 is 11.9 Å². The lowest BCUT2D eigenvalue weighted by Crippen LogP contribution is -2.08. The molecule has 5 nitrogen and oxygen atoms in total. The van der Waals surface area contributed by atoms with Crippen molar-refractivity contribution >= 4 is 22.7 Å². The highest BCUT2D eigenvalue weighted by Crippen LogP contribution is 2.30. The lowest BCUT2D eigenvalue weighted by atomic mass is 10.0. The van der Waals surface area contributed by atoms with Crippen LogP contribution < -0.4 is 9.47 Å². The fraction of sp³-hybridized carbons (Fsp3) is 0.0400. The fourth-order valence-electron chi connectivity index (χ4n) is 2.70. The predicted molar refractivity (Wildman–Crippen MR) is 116 cm³/mol. The number of hydrogen-bond acceptors (Lipinski definition) is 5. The van der Waals surface area contributed by atoms with Gasteiger partial charge in [-0.15, -0.1) is 0 Å². The third-order valence-electron chi connectivity index (χ3n) is 4.23. The van der Waals surface area contributed by atoms with E-state index in [9.17, 15) is 14.0 Å². The zero-order chi connectivity index (χ0) is 22.4. The van der Waals surface area contributed by atoms with E-state index in [4.69, 9.17) is 9.47 Å². The smallest absolute Gasteiger partial charge is 0.338 e. The van der Waals surface area contributed by atoms with E-state index in [2.05, 4.69) is 17.9 Å². The Kier molecular flexibility index (Phi) is 6.62. The van der Waals surface area contributed by atoms with Gasteiger partial charge in [0.25, 0.3) is 0 Å². The number of fused-ring (bicyclic) bond motifs is 1. The van der Waals surface area contributed by atoms with E-state index in [1.165, 1.54) is 25.3 Å². The van der Waals surface area contributed by atoms with Crippen molar-refractivity contribution in [1.82, 2.24) is 0 Å². The lowest BCUT2D eigenvalue weighted by Gasteiger charge is -2.09. The van der Waals surface area contributed by atoms with Gasteiger partial charge in [-0.1, -0.05) is 31.4 Å². The maximum absolute atomic E-state index is 14.6. The first kappa shape index (κ1) is 21.5. The minimum atomic E-state index is -0.607. The van der Waals surface area contributed by atoms with Gasteiger partial charge < -0.3 is 14.2 Å². The summed E-state index contributed by atoms with van der Waals surface area (Å²) >= 11 is 0. The van der Waals surface area contributed by atoms with E-state index in [-0.39, 0.29) is 11.3 Å². The SMILES string of the molecule is C=CC(=O)OC=COc1ccc2cc(-c3ccc(OC(=O)C(=C)C)cc3F)ccc2c1. The number of carbonyl (C=O) groups excluding carboxylic acids is 2. The van der Waals surface area contributed by atoms with Crippen molar-refractivity contribution in [3.8, 4) is 22.6 Å². The van der Waals surface area contributed by atoms with Crippen molar-refractivity contribution in [3.63, 3.8) is 0 Å². The topological polar surface area (TPSA) is 61.8 Å². The van der Waals surface area contributed by atoms with Crippen LogP contribution in [-0.2, 0) is 14.3 Å². The average molecular weight is 418 g/mol. The molecule has 3 aromatic rings. The summed E-state index contributed by atoms with van der Waals surface area (Å²) in [4.78, 5) is 22.6. The first-order valence-electron chi connectivity index (χ1n) is 9.23. The summed E-state index contributed by atoms with van der Waals surface area (Å²) in [6.07, 6.45) is 3.41. The molecule has 0 bridgehead atoms. The third kappa shape index (κ3) is 5.45. The summed E-state index contributed by atoms with van der Waals surface area (Å²) in [5, 5.41) is 1.76. The Morgan fingerprint density at radius 2 is 1.65 bits per heavy atom. The van der Waals surface area contributed by atoms with Crippen LogP contribution in [0.15, 0.2) is 91.9 Å². The molecule has 0 N–H and O–H groups in total. The van der Waals surface area contributed by atoms with Crippen molar-refractivity contribution in [3.05, 3.63) is 97.7 Å². The van der Waals surface area contributed by atoms with Crippen molar-refractivity contribution in [2.45, 2.75) is 6.92 Å². The zero-order valence-corrected chi connectivity index (χ0v) is 16.8. The van der Waals surface area contributed by atoms with Crippen molar-refractivity contribution in [2.75, 3.05) is 0 Å². The Hall–Kier alpha value is -4.19. The zero-order valence-electron chi connectivity index (χ0n) is 16.8. The van der Waals surface area contributed by atoms with Crippen molar-refractivity contribution in [1.29, 1.82) is 0 Å². The molecule has 0 fully saturated rings. The molecule has 0 amide bonds. The summed E-state index contributed by atoms with van der Waals surface area (Å²) in [5.74, 6) is -1.04. The minimum absolute atomic E-state index is 0.114. The second kappa shape index (κ2) is 9.54. The van der Waals surface area contributed by atoms with Gasteiger partial charge in [0.05, 0.1) is 0 Å². The van der Waals surface area contributed by atoms with Crippen LogP contribution in [0.4, 0.5) is 4.39 Å². The quantitative estimate of drug-likeness (QED) is 0.213. The normalized spacial score (nSPS) is 10.6. The number of halogens is 1. The Labute approximate surface area is 178 Å². The summed E-state index contributed by atoms with van der Waals surface area (Å²) in [6, 6.07) is 15.1. The van der Waals surface area contributed by atoms with Crippen LogP contribution in [0, 0.1) is 5.82 Å². The average Bonchev–Trinajstić information content (AvgIpc) is 2.76. The maximum atomic E-state index is 14.6. The van der Waals surface area contributed by atoms with Crippen LogP contribution >= 0.6 is 0 Å². The molecule has 31 heavy (non-hydrogen) atoms. The summed E-state index contributed by atoms with van der Waals surface area (Å²) < 4.78 is 29.8. The molecule has 0 spiro atoms. The second-order valence-electron chi connectivity index (χ2n) is 6.57. The molecule has 0 aliphatic carbocycles. The molecule has 3 aromatic carbocycles. The fourth-order valence-corrected chi connectivity index (χ4v) is 2.70. The number of benzene rings is 3. The van der Waals surface area contributed by atoms with Gasteiger partial charge in [-0.25, -0.2) is 14.0 Å². The van der Waals surface area contributed by atoms with Gasteiger partial charge in [0.1, 0.15) is 29.8 Å². The summed E-state index contributed by atoms with van der Waals surface area (Å²) in [6.45, 7) is 8.31. The first-order chi connectivity index (χ1) is 14.9. The highest BCUT2D eigenvalue weighted by atomic mass is 19.1. The van der Waals surface area contributed by atoms with E-state index in [1.54, 1.807) is 24.3 Å². The molecule has 156 valence electrons. The molecule has 0 aliphatic heterocycles. The van der Waals surface area contributed by atoms with E-state index in [0.717, 1.165) is 23.1 Å². The monoisotopic (exact) mass is 418 g/mol. The number of ether oxygens (including phenoxy) is 3. The molecule has 0 atom stereocenters. The number of rotatable bonds is 7. The molecule has 6 heteroatoms. The first-order valence-corrected chi connectivity index (χ1v) is 9.23. The molecular formula is C25H19FO5. The number of carbonyl (C=O) groups is 2. The Balaban J connectivity index is 1.78. The largest absolute Gasteiger partial charge is 0.462 e.